The summed E-state index contributed by atoms with van der Waals surface area (Å²) in [4.78, 5) is 10.3. The van der Waals surface area contributed by atoms with Crippen LogP contribution in [0.4, 0.5) is 13.6 Å². The van der Waals surface area contributed by atoms with Crippen LogP contribution in [0.25, 0.3) is 0 Å². The van der Waals surface area contributed by atoms with Gasteiger partial charge in [-0.05, 0) is 0 Å². The zero-order valence-electron chi connectivity index (χ0n) is 6.72. The lowest BCUT2D eigenvalue weighted by Crippen LogP contribution is -2.61. The second-order valence-electron chi connectivity index (χ2n) is 3.72. The molecule has 0 aromatic rings. The van der Waals surface area contributed by atoms with Gasteiger partial charge < -0.3 is 15.2 Å². The van der Waals surface area contributed by atoms with Gasteiger partial charge >= 0.3 is 6.09 Å². The molecule has 0 aromatic carbocycles. The topological polar surface area (TPSA) is 58.6 Å². The van der Waals surface area contributed by atoms with Crippen molar-refractivity contribution in [2.75, 3.05) is 6.61 Å². The first-order valence-corrected chi connectivity index (χ1v) is 3.91. The first-order chi connectivity index (χ1) is 5.98. The number of hydrogen-bond acceptors (Lipinski definition) is 2. The van der Waals surface area contributed by atoms with Crippen LogP contribution in [0, 0.1) is 0 Å². The van der Waals surface area contributed by atoms with Gasteiger partial charge in [0.15, 0.2) is 0 Å². The average molecular weight is 193 g/mol. The molecule has 0 atom stereocenters. The predicted molar refractivity (Wildman–Crippen MR) is 37.8 cm³/mol. The molecule has 3 aliphatic rings. The van der Waals surface area contributed by atoms with Gasteiger partial charge in [-0.25, -0.2) is 13.6 Å². The van der Waals surface area contributed by atoms with E-state index in [2.05, 4.69) is 5.32 Å². The highest BCUT2D eigenvalue weighted by Gasteiger charge is 2.67. The lowest BCUT2D eigenvalue weighted by molar-refractivity contribution is -0.122. The van der Waals surface area contributed by atoms with Gasteiger partial charge in [0.1, 0.15) is 5.60 Å². The summed E-state index contributed by atoms with van der Waals surface area (Å²) < 4.78 is 29.6. The van der Waals surface area contributed by atoms with Crippen molar-refractivity contribution in [3.8, 4) is 0 Å². The minimum atomic E-state index is -2.53. The predicted octanol–water partition coefficient (Wildman–Crippen LogP) is 0.821. The summed E-state index contributed by atoms with van der Waals surface area (Å²) in [6.07, 6.45) is -3.54. The molecule has 74 valence electrons. The fraction of sp³-hybridized carbons (Fsp3) is 0.857. The highest BCUT2D eigenvalue weighted by atomic mass is 19.3. The van der Waals surface area contributed by atoms with Crippen LogP contribution in [0.1, 0.15) is 12.8 Å². The second kappa shape index (κ2) is 2.31. The molecule has 2 heterocycles. The van der Waals surface area contributed by atoms with Crippen LogP contribution < -0.4 is 5.32 Å². The molecule has 2 saturated heterocycles. The Balaban J connectivity index is 2.02. The average Bonchev–Trinajstić information content (AvgIpc) is 2.39. The molecule has 1 saturated carbocycles. The number of fused-ring (bicyclic) bond motifs is 1. The number of hydrogen-bond donors (Lipinski definition) is 2. The minimum absolute atomic E-state index is 0.0592. The summed E-state index contributed by atoms with van der Waals surface area (Å²) in [5, 5.41) is 10.7. The minimum Gasteiger partial charge on any atom is -0.465 e. The smallest absolute Gasteiger partial charge is 0.405 e. The largest absolute Gasteiger partial charge is 0.465 e. The number of ether oxygens (including phenoxy) is 1. The number of rotatable bonds is 2. The van der Waals surface area contributed by atoms with Crippen molar-refractivity contribution in [2.24, 2.45) is 0 Å². The Morgan fingerprint density at radius 2 is 2.15 bits per heavy atom. The highest BCUT2D eigenvalue weighted by Crippen LogP contribution is 2.54. The van der Waals surface area contributed by atoms with E-state index in [0.29, 0.717) is 0 Å². The van der Waals surface area contributed by atoms with Gasteiger partial charge in [0.05, 0.1) is 12.1 Å². The zero-order valence-corrected chi connectivity index (χ0v) is 6.72. The number of carboxylic acid groups (broad SMARTS) is 1. The molecule has 0 radical (unpaired) electrons. The third-order valence-corrected chi connectivity index (χ3v) is 2.68. The van der Waals surface area contributed by atoms with E-state index in [4.69, 9.17) is 9.84 Å². The standard InChI is InChI=1S/C7H9F2NO3/c8-4(9)7-1-6(2-7,3-13-7)10-5(11)12/h4,10H,1-3H2,(H,11,12). The Hall–Kier alpha value is -0.910. The van der Waals surface area contributed by atoms with Gasteiger partial charge in [-0.1, -0.05) is 0 Å². The van der Waals surface area contributed by atoms with E-state index in [-0.39, 0.29) is 19.4 Å². The van der Waals surface area contributed by atoms with Crippen molar-refractivity contribution in [3.05, 3.63) is 0 Å². The van der Waals surface area contributed by atoms with E-state index in [1.54, 1.807) is 0 Å². The molecule has 2 aliphatic heterocycles. The monoisotopic (exact) mass is 193 g/mol. The molecule has 1 amide bonds. The summed E-state index contributed by atoms with van der Waals surface area (Å²) in [6, 6.07) is 0. The molecular weight excluding hydrogens is 184 g/mol. The summed E-state index contributed by atoms with van der Waals surface area (Å²) >= 11 is 0. The molecule has 2 bridgehead atoms. The van der Waals surface area contributed by atoms with Crippen LogP contribution >= 0.6 is 0 Å². The Kier molecular flexibility index (Phi) is 1.54. The lowest BCUT2D eigenvalue weighted by Gasteiger charge is -2.43. The third kappa shape index (κ3) is 1.08. The number of amides is 1. The molecule has 0 unspecified atom stereocenters. The van der Waals surface area contributed by atoms with Gasteiger partial charge in [0.25, 0.3) is 6.43 Å². The Labute approximate surface area is 72.9 Å². The first-order valence-electron chi connectivity index (χ1n) is 3.91. The zero-order chi connectivity index (χ0) is 9.69. The number of alkyl halides is 2. The van der Waals surface area contributed by atoms with Crippen molar-refractivity contribution < 1.29 is 23.4 Å². The quantitative estimate of drug-likeness (QED) is 0.682. The summed E-state index contributed by atoms with van der Waals surface area (Å²) in [5.41, 5.74) is -2.12. The van der Waals surface area contributed by atoms with Gasteiger partial charge in [-0.15, -0.1) is 0 Å². The Bertz CT molecular complexity index is 250. The molecule has 1 aliphatic carbocycles. The van der Waals surface area contributed by atoms with Crippen molar-refractivity contribution in [1.82, 2.24) is 5.32 Å². The van der Waals surface area contributed by atoms with Gasteiger partial charge in [0.2, 0.25) is 0 Å². The molecule has 0 aromatic heterocycles. The van der Waals surface area contributed by atoms with Gasteiger partial charge in [-0.2, -0.15) is 0 Å². The summed E-state index contributed by atoms with van der Waals surface area (Å²) in [6.45, 7) is 0.0592. The number of nitrogens with one attached hydrogen (secondary N) is 1. The van der Waals surface area contributed by atoms with Crippen LogP contribution in [0.15, 0.2) is 0 Å². The van der Waals surface area contributed by atoms with Gasteiger partial charge in [0, 0.05) is 12.8 Å². The van der Waals surface area contributed by atoms with Crippen LogP contribution in [0.3, 0.4) is 0 Å². The molecule has 6 heteroatoms. The van der Waals surface area contributed by atoms with Crippen LogP contribution in [0.5, 0.6) is 0 Å². The van der Waals surface area contributed by atoms with E-state index in [0.717, 1.165) is 0 Å². The SMILES string of the molecule is O=C(O)NC12COC(C(F)F)(C1)C2. The Morgan fingerprint density at radius 1 is 1.54 bits per heavy atom. The van der Waals surface area contributed by atoms with E-state index >= 15 is 0 Å². The maximum atomic E-state index is 12.4. The number of carbonyl (C=O) groups is 1. The normalized spacial score (nSPS) is 41.8. The fourth-order valence-electron chi connectivity index (χ4n) is 2.15. The molecule has 3 fully saturated rings. The summed E-state index contributed by atoms with van der Waals surface area (Å²) in [5.74, 6) is 0. The third-order valence-electron chi connectivity index (χ3n) is 2.68. The van der Waals surface area contributed by atoms with Crippen molar-refractivity contribution in [3.63, 3.8) is 0 Å². The van der Waals surface area contributed by atoms with Crippen molar-refractivity contribution >= 4 is 6.09 Å². The van der Waals surface area contributed by atoms with E-state index in [9.17, 15) is 13.6 Å². The van der Waals surface area contributed by atoms with Crippen LogP contribution in [-0.2, 0) is 4.74 Å². The lowest BCUT2D eigenvalue weighted by atomic mass is 9.68. The number of halogens is 2. The fourth-order valence-corrected chi connectivity index (χ4v) is 2.15. The Morgan fingerprint density at radius 3 is 2.54 bits per heavy atom. The maximum absolute atomic E-state index is 12.4. The molecule has 0 spiro atoms. The van der Waals surface area contributed by atoms with Crippen molar-refractivity contribution in [1.29, 1.82) is 0 Å². The van der Waals surface area contributed by atoms with E-state index in [1.165, 1.54) is 0 Å². The second-order valence-corrected chi connectivity index (χ2v) is 3.72. The van der Waals surface area contributed by atoms with Crippen LogP contribution in [0.2, 0.25) is 0 Å². The highest BCUT2D eigenvalue weighted by molar-refractivity contribution is 5.66. The molecular formula is C7H9F2NO3. The maximum Gasteiger partial charge on any atom is 0.405 e. The van der Waals surface area contributed by atoms with Gasteiger partial charge in [-0.3, -0.25) is 0 Å². The van der Waals surface area contributed by atoms with Crippen LogP contribution in [-0.4, -0.2) is 35.4 Å². The molecule has 3 rings (SSSR count). The van der Waals surface area contributed by atoms with E-state index < -0.39 is 23.7 Å². The van der Waals surface area contributed by atoms with E-state index in [1.807, 2.05) is 0 Å². The molecule has 13 heavy (non-hydrogen) atoms. The van der Waals surface area contributed by atoms with Crippen molar-refractivity contribution in [2.45, 2.75) is 30.4 Å². The first kappa shape index (κ1) is 8.68. The summed E-state index contributed by atoms with van der Waals surface area (Å²) in [7, 11) is 0. The molecule has 4 nitrogen and oxygen atoms in total. The molecule has 2 N–H and O–H groups in total.